The van der Waals surface area contributed by atoms with Crippen LogP contribution in [-0.4, -0.2) is 40.5 Å². The molecule has 2 heterocycles. The maximum atomic E-state index is 12.0. The smallest absolute Gasteiger partial charge is 0.230 e. The highest BCUT2D eigenvalue weighted by Crippen LogP contribution is 2.23. The maximum Gasteiger partial charge on any atom is 0.230 e. The fourth-order valence-corrected chi connectivity index (χ4v) is 2.04. The molecule has 1 aromatic heterocycles. The van der Waals surface area contributed by atoms with Gasteiger partial charge in [0.05, 0.1) is 5.92 Å². The fraction of sp³-hybridized carbons (Fsp3) is 0.615. The molecule has 0 bridgehead atoms. The molecule has 0 aliphatic carbocycles. The van der Waals surface area contributed by atoms with E-state index < -0.39 is 0 Å². The van der Waals surface area contributed by atoms with Gasteiger partial charge in [-0.15, -0.1) is 0 Å². The van der Waals surface area contributed by atoms with Crippen molar-refractivity contribution in [3.63, 3.8) is 0 Å². The Hall–Kier alpha value is -1.85. The second kappa shape index (κ2) is 4.68. The van der Waals surface area contributed by atoms with Crippen LogP contribution in [-0.2, 0) is 15.0 Å². The van der Waals surface area contributed by atoms with Crippen LogP contribution in [0.25, 0.3) is 0 Å². The first-order chi connectivity index (χ1) is 8.77. The van der Waals surface area contributed by atoms with Crippen molar-refractivity contribution < 1.29 is 9.59 Å². The number of nitrogens with zero attached hydrogens (tertiary/aromatic N) is 2. The summed E-state index contributed by atoms with van der Waals surface area (Å²) in [6.07, 6.45) is 0.277. The summed E-state index contributed by atoms with van der Waals surface area (Å²) in [6, 6.07) is 1.83. The summed E-state index contributed by atoms with van der Waals surface area (Å²) in [7, 11) is 1.71. The molecule has 2 amide bonds. The van der Waals surface area contributed by atoms with Gasteiger partial charge < -0.3 is 10.2 Å². The lowest BCUT2D eigenvalue weighted by atomic mass is 9.92. The number of H-pyrrole nitrogens is 1. The molecule has 0 spiro atoms. The summed E-state index contributed by atoms with van der Waals surface area (Å²) in [5.74, 6) is 0.0893. The van der Waals surface area contributed by atoms with E-state index in [0.29, 0.717) is 12.4 Å². The number of nitrogens with one attached hydrogen (secondary N) is 2. The predicted octanol–water partition coefficient (Wildman–Crippen LogP) is 1.12. The van der Waals surface area contributed by atoms with Gasteiger partial charge in [0.25, 0.3) is 0 Å². The number of anilines is 1. The highest BCUT2D eigenvalue weighted by molar-refractivity contribution is 5.96. The Morgan fingerprint density at radius 3 is 2.68 bits per heavy atom. The van der Waals surface area contributed by atoms with E-state index in [1.165, 1.54) is 0 Å². The van der Waals surface area contributed by atoms with Gasteiger partial charge in [0, 0.05) is 37.2 Å². The number of amides is 2. The van der Waals surface area contributed by atoms with E-state index in [1.807, 2.05) is 6.07 Å². The zero-order chi connectivity index (χ0) is 14.2. The van der Waals surface area contributed by atoms with Crippen LogP contribution in [0.15, 0.2) is 6.07 Å². The summed E-state index contributed by atoms with van der Waals surface area (Å²) in [5, 5.41) is 9.75. The molecule has 1 unspecified atom stereocenters. The van der Waals surface area contributed by atoms with Crippen LogP contribution in [0.4, 0.5) is 5.82 Å². The minimum atomic E-state index is -0.285. The van der Waals surface area contributed by atoms with E-state index in [-0.39, 0.29) is 29.6 Å². The molecule has 1 aromatic rings. The van der Waals surface area contributed by atoms with E-state index >= 15 is 0 Å². The molecule has 1 saturated heterocycles. The monoisotopic (exact) mass is 264 g/mol. The van der Waals surface area contributed by atoms with Crippen molar-refractivity contribution >= 4 is 17.6 Å². The van der Waals surface area contributed by atoms with Gasteiger partial charge in [-0.3, -0.25) is 14.7 Å². The molecular formula is C13H20N4O2. The van der Waals surface area contributed by atoms with Crippen LogP contribution >= 0.6 is 0 Å². The van der Waals surface area contributed by atoms with Gasteiger partial charge in [0.15, 0.2) is 5.82 Å². The third-order valence-electron chi connectivity index (χ3n) is 3.35. The Balaban J connectivity index is 2.00. The van der Waals surface area contributed by atoms with Crippen LogP contribution in [0.3, 0.4) is 0 Å². The third kappa shape index (κ3) is 2.94. The molecule has 104 valence electrons. The van der Waals surface area contributed by atoms with E-state index in [9.17, 15) is 9.59 Å². The molecule has 0 saturated carbocycles. The number of hydrogen-bond donors (Lipinski definition) is 2. The normalized spacial score (nSPS) is 19.9. The summed E-state index contributed by atoms with van der Waals surface area (Å²) in [5.41, 5.74) is 0.918. The molecule has 2 N–H and O–H groups in total. The molecule has 6 heteroatoms. The topological polar surface area (TPSA) is 78.1 Å². The molecule has 0 aromatic carbocycles. The van der Waals surface area contributed by atoms with Gasteiger partial charge >= 0.3 is 0 Å². The molecule has 19 heavy (non-hydrogen) atoms. The van der Waals surface area contributed by atoms with Gasteiger partial charge in [0.2, 0.25) is 11.8 Å². The van der Waals surface area contributed by atoms with E-state index in [1.54, 1.807) is 11.9 Å². The third-order valence-corrected chi connectivity index (χ3v) is 3.35. The fourth-order valence-electron chi connectivity index (χ4n) is 2.04. The second-order valence-corrected chi connectivity index (χ2v) is 6.08. The van der Waals surface area contributed by atoms with Crippen molar-refractivity contribution in [2.24, 2.45) is 5.92 Å². The minimum absolute atomic E-state index is 0.0116. The zero-order valence-corrected chi connectivity index (χ0v) is 11.8. The summed E-state index contributed by atoms with van der Waals surface area (Å²) in [4.78, 5) is 25.0. The van der Waals surface area contributed by atoms with Crippen LogP contribution in [0, 0.1) is 5.92 Å². The van der Waals surface area contributed by atoms with Crippen molar-refractivity contribution in [2.75, 3.05) is 18.9 Å². The number of carbonyl (C=O) groups is 2. The average Bonchev–Trinajstić information content (AvgIpc) is 2.86. The Morgan fingerprint density at radius 2 is 2.21 bits per heavy atom. The maximum absolute atomic E-state index is 12.0. The molecule has 1 aliphatic rings. The molecule has 6 nitrogen and oxygen atoms in total. The van der Waals surface area contributed by atoms with Gasteiger partial charge in [-0.25, -0.2) is 0 Å². The number of aromatic nitrogens is 2. The van der Waals surface area contributed by atoms with Gasteiger partial charge in [-0.05, 0) is 0 Å². The first-order valence-electron chi connectivity index (χ1n) is 6.38. The molecule has 1 aliphatic heterocycles. The number of hydrogen-bond acceptors (Lipinski definition) is 3. The lowest BCUT2D eigenvalue weighted by Crippen LogP contribution is -2.25. The van der Waals surface area contributed by atoms with Crippen LogP contribution < -0.4 is 5.32 Å². The number of aromatic amines is 1. The lowest BCUT2D eigenvalue weighted by molar-refractivity contribution is -0.127. The molecule has 0 radical (unpaired) electrons. The molecule has 2 rings (SSSR count). The van der Waals surface area contributed by atoms with Crippen LogP contribution in [0.5, 0.6) is 0 Å². The average molecular weight is 264 g/mol. The lowest BCUT2D eigenvalue weighted by Gasteiger charge is -2.14. The highest BCUT2D eigenvalue weighted by atomic mass is 16.2. The summed E-state index contributed by atoms with van der Waals surface area (Å²) in [6.45, 7) is 6.67. The predicted molar refractivity (Wildman–Crippen MR) is 71.7 cm³/mol. The SMILES string of the molecule is CN1CC(C(=O)Nc2cc(C(C)(C)C)[nH]n2)CC1=O. The highest BCUT2D eigenvalue weighted by Gasteiger charge is 2.32. The van der Waals surface area contributed by atoms with Gasteiger partial charge in [-0.2, -0.15) is 5.10 Å². The largest absolute Gasteiger partial charge is 0.345 e. The second-order valence-electron chi connectivity index (χ2n) is 6.08. The van der Waals surface area contributed by atoms with Crippen molar-refractivity contribution in [3.8, 4) is 0 Å². The van der Waals surface area contributed by atoms with Crippen molar-refractivity contribution in [2.45, 2.75) is 32.6 Å². The Labute approximate surface area is 112 Å². The number of carbonyl (C=O) groups excluding carboxylic acids is 2. The quantitative estimate of drug-likeness (QED) is 0.840. The van der Waals surface area contributed by atoms with Crippen molar-refractivity contribution in [1.29, 1.82) is 0 Å². The first-order valence-corrected chi connectivity index (χ1v) is 6.38. The number of rotatable bonds is 2. The minimum Gasteiger partial charge on any atom is -0.345 e. The molecule has 1 fully saturated rings. The summed E-state index contributed by atoms with van der Waals surface area (Å²) >= 11 is 0. The summed E-state index contributed by atoms with van der Waals surface area (Å²) < 4.78 is 0. The van der Waals surface area contributed by atoms with Gasteiger partial charge in [0.1, 0.15) is 0 Å². The zero-order valence-electron chi connectivity index (χ0n) is 11.8. The van der Waals surface area contributed by atoms with E-state index in [4.69, 9.17) is 0 Å². The van der Waals surface area contributed by atoms with Crippen LogP contribution in [0.1, 0.15) is 32.9 Å². The Kier molecular flexibility index (Phi) is 3.34. The number of likely N-dealkylation sites (tertiary alicyclic amines) is 1. The van der Waals surface area contributed by atoms with E-state index in [0.717, 1.165) is 5.69 Å². The van der Waals surface area contributed by atoms with E-state index in [2.05, 4.69) is 36.3 Å². The van der Waals surface area contributed by atoms with Crippen molar-refractivity contribution in [1.82, 2.24) is 15.1 Å². The Morgan fingerprint density at radius 1 is 1.53 bits per heavy atom. The van der Waals surface area contributed by atoms with Crippen molar-refractivity contribution in [3.05, 3.63) is 11.8 Å². The first kappa shape index (κ1) is 13.6. The molecular weight excluding hydrogens is 244 g/mol. The standard InChI is InChI=1S/C13H20N4O2/c1-13(2,3)9-6-10(16-15-9)14-12(19)8-5-11(18)17(4)7-8/h6,8H,5,7H2,1-4H3,(H2,14,15,16,19). The Bertz CT molecular complexity index is 501. The molecule has 1 atom stereocenters. The van der Waals surface area contributed by atoms with Gasteiger partial charge in [-0.1, -0.05) is 20.8 Å². The van der Waals surface area contributed by atoms with Crippen LogP contribution in [0.2, 0.25) is 0 Å².